The number of benzene rings is 2. The first-order valence-corrected chi connectivity index (χ1v) is 10.6. The quantitative estimate of drug-likeness (QED) is 0.758. The maximum absolute atomic E-state index is 12.7. The van der Waals surface area contributed by atoms with Crippen LogP contribution in [-0.4, -0.2) is 55.1 Å². The Morgan fingerprint density at radius 1 is 0.750 bits per heavy atom. The summed E-state index contributed by atoms with van der Waals surface area (Å²) in [6, 6.07) is 15.6. The molecule has 0 spiro atoms. The van der Waals surface area contributed by atoms with Crippen molar-refractivity contribution < 1.29 is 4.79 Å². The Morgan fingerprint density at radius 2 is 1.39 bits per heavy atom. The topological polar surface area (TPSA) is 26.8 Å². The standard InChI is InChI=1S/C24H31N3O/c1-19-7-6-8-23(20(19)2)21-9-11-22(12-10-21)25-15-17-27(18-16-25)24(28)26-13-4-3-5-14-26/h6-12H,3-5,13-18H2,1-2H3. The summed E-state index contributed by atoms with van der Waals surface area (Å²) in [6.07, 6.45) is 3.56. The van der Waals surface area contributed by atoms with Gasteiger partial charge in [-0.3, -0.25) is 0 Å². The summed E-state index contributed by atoms with van der Waals surface area (Å²) in [5, 5.41) is 0. The molecule has 4 heteroatoms. The zero-order chi connectivity index (χ0) is 19.5. The molecule has 0 unspecified atom stereocenters. The van der Waals surface area contributed by atoms with Crippen molar-refractivity contribution in [1.82, 2.24) is 9.80 Å². The van der Waals surface area contributed by atoms with Crippen LogP contribution in [0, 0.1) is 13.8 Å². The average molecular weight is 378 g/mol. The first-order chi connectivity index (χ1) is 13.6. The second-order valence-electron chi connectivity index (χ2n) is 8.10. The third-order valence-electron chi connectivity index (χ3n) is 6.32. The fourth-order valence-electron chi connectivity index (χ4n) is 4.36. The Hall–Kier alpha value is -2.49. The molecule has 2 amide bonds. The van der Waals surface area contributed by atoms with Crippen LogP contribution in [0.3, 0.4) is 0 Å². The van der Waals surface area contributed by atoms with Gasteiger partial charge < -0.3 is 14.7 Å². The lowest BCUT2D eigenvalue weighted by Crippen LogP contribution is -2.53. The van der Waals surface area contributed by atoms with Gasteiger partial charge in [0.25, 0.3) is 0 Å². The van der Waals surface area contributed by atoms with Gasteiger partial charge in [-0.1, -0.05) is 30.3 Å². The van der Waals surface area contributed by atoms with Gasteiger partial charge >= 0.3 is 6.03 Å². The van der Waals surface area contributed by atoms with Crippen molar-refractivity contribution >= 4 is 11.7 Å². The smallest absolute Gasteiger partial charge is 0.320 e. The van der Waals surface area contributed by atoms with Crippen molar-refractivity contribution in [3.05, 3.63) is 53.6 Å². The van der Waals surface area contributed by atoms with E-state index in [2.05, 4.69) is 61.2 Å². The lowest BCUT2D eigenvalue weighted by atomic mass is 9.97. The molecule has 2 fully saturated rings. The van der Waals surface area contributed by atoms with Crippen LogP contribution >= 0.6 is 0 Å². The van der Waals surface area contributed by atoms with Gasteiger partial charge in [0, 0.05) is 45.0 Å². The Balaban J connectivity index is 1.38. The van der Waals surface area contributed by atoms with Crippen LogP contribution in [0.5, 0.6) is 0 Å². The maximum Gasteiger partial charge on any atom is 0.320 e. The molecule has 2 aromatic carbocycles. The number of urea groups is 1. The van der Waals surface area contributed by atoms with Gasteiger partial charge in [0.15, 0.2) is 0 Å². The van der Waals surface area contributed by atoms with Crippen LogP contribution in [0.15, 0.2) is 42.5 Å². The van der Waals surface area contributed by atoms with Gasteiger partial charge in [-0.05, 0) is 67.5 Å². The molecular formula is C24H31N3O. The minimum atomic E-state index is 0.240. The number of hydrogen-bond donors (Lipinski definition) is 0. The average Bonchev–Trinajstić information content (AvgIpc) is 2.76. The zero-order valence-corrected chi connectivity index (χ0v) is 17.2. The molecule has 0 bridgehead atoms. The molecule has 0 radical (unpaired) electrons. The number of carbonyl (C=O) groups is 1. The molecule has 0 atom stereocenters. The highest BCUT2D eigenvalue weighted by atomic mass is 16.2. The Labute approximate surface area is 168 Å². The minimum Gasteiger partial charge on any atom is -0.368 e. The van der Waals surface area contributed by atoms with Gasteiger partial charge in [-0.15, -0.1) is 0 Å². The van der Waals surface area contributed by atoms with Gasteiger partial charge in [-0.25, -0.2) is 4.79 Å². The highest BCUT2D eigenvalue weighted by Crippen LogP contribution is 2.28. The monoisotopic (exact) mass is 377 g/mol. The minimum absolute atomic E-state index is 0.240. The van der Waals surface area contributed by atoms with E-state index in [9.17, 15) is 4.79 Å². The number of carbonyl (C=O) groups excluding carboxylic acids is 1. The normalized spacial score (nSPS) is 17.7. The van der Waals surface area contributed by atoms with E-state index >= 15 is 0 Å². The number of rotatable bonds is 2. The molecule has 148 valence electrons. The molecule has 2 aliphatic heterocycles. The number of piperazine rings is 1. The Kier molecular flexibility index (Phi) is 5.56. The van der Waals surface area contributed by atoms with Gasteiger partial charge in [-0.2, -0.15) is 0 Å². The summed E-state index contributed by atoms with van der Waals surface area (Å²) < 4.78 is 0. The van der Waals surface area contributed by atoms with Crippen molar-refractivity contribution in [3.8, 4) is 11.1 Å². The first kappa shape index (κ1) is 18.9. The van der Waals surface area contributed by atoms with Crippen molar-refractivity contribution in [2.45, 2.75) is 33.1 Å². The molecule has 0 aromatic heterocycles. The summed E-state index contributed by atoms with van der Waals surface area (Å²) in [6.45, 7) is 9.65. The largest absolute Gasteiger partial charge is 0.368 e. The molecule has 0 saturated carbocycles. The van der Waals surface area contributed by atoms with E-state index in [0.29, 0.717) is 0 Å². The molecular weight excluding hydrogens is 346 g/mol. The molecule has 2 heterocycles. The van der Waals surface area contributed by atoms with Crippen molar-refractivity contribution in [2.24, 2.45) is 0 Å². The Morgan fingerprint density at radius 3 is 2.07 bits per heavy atom. The van der Waals surface area contributed by atoms with Crippen molar-refractivity contribution in [2.75, 3.05) is 44.2 Å². The van der Waals surface area contributed by atoms with Crippen LogP contribution in [0.4, 0.5) is 10.5 Å². The lowest BCUT2D eigenvalue weighted by molar-refractivity contribution is 0.141. The highest BCUT2D eigenvalue weighted by Gasteiger charge is 2.26. The number of likely N-dealkylation sites (tertiary alicyclic amines) is 1. The molecule has 0 aliphatic carbocycles. The zero-order valence-electron chi connectivity index (χ0n) is 17.2. The van der Waals surface area contributed by atoms with E-state index in [4.69, 9.17) is 0 Å². The van der Waals surface area contributed by atoms with E-state index in [1.807, 2.05) is 9.80 Å². The van der Waals surface area contributed by atoms with Gasteiger partial charge in [0.1, 0.15) is 0 Å². The third-order valence-corrected chi connectivity index (χ3v) is 6.32. The predicted octanol–water partition coefficient (Wildman–Crippen LogP) is 4.70. The Bertz CT molecular complexity index is 816. The predicted molar refractivity (Wildman–Crippen MR) is 116 cm³/mol. The molecule has 2 aromatic rings. The SMILES string of the molecule is Cc1cccc(-c2ccc(N3CCN(C(=O)N4CCCCC4)CC3)cc2)c1C. The van der Waals surface area contributed by atoms with Gasteiger partial charge in [0.2, 0.25) is 0 Å². The summed E-state index contributed by atoms with van der Waals surface area (Å²) in [4.78, 5) is 19.2. The van der Waals surface area contributed by atoms with Crippen LogP contribution in [0.1, 0.15) is 30.4 Å². The summed E-state index contributed by atoms with van der Waals surface area (Å²) in [5.74, 6) is 0. The lowest BCUT2D eigenvalue weighted by Gasteiger charge is -2.39. The maximum atomic E-state index is 12.7. The van der Waals surface area contributed by atoms with Crippen molar-refractivity contribution in [3.63, 3.8) is 0 Å². The third kappa shape index (κ3) is 3.87. The van der Waals surface area contributed by atoms with E-state index < -0.39 is 0 Å². The summed E-state index contributed by atoms with van der Waals surface area (Å²) in [7, 11) is 0. The summed E-state index contributed by atoms with van der Waals surface area (Å²) in [5.41, 5.74) is 6.50. The van der Waals surface area contributed by atoms with E-state index in [1.165, 1.54) is 34.4 Å². The summed E-state index contributed by atoms with van der Waals surface area (Å²) >= 11 is 0. The van der Waals surface area contributed by atoms with Crippen LogP contribution in [0.2, 0.25) is 0 Å². The number of amides is 2. The van der Waals surface area contributed by atoms with Gasteiger partial charge in [0.05, 0.1) is 0 Å². The van der Waals surface area contributed by atoms with Crippen molar-refractivity contribution in [1.29, 1.82) is 0 Å². The molecule has 2 saturated heterocycles. The number of piperidine rings is 1. The fourth-order valence-corrected chi connectivity index (χ4v) is 4.36. The first-order valence-electron chi connectivity index (χ1n) is 10.6. The fraction of sp³-hybridized carbons (Fsp3) is 0.458. The number of nitrogens with zero attached hydrogens (tertiary/aromatic N) is 3. The van der Waals surface area contributed by atoms with E-state index in [1.54, 1.807) is 0 Å². The number of anilines is 1. The van der Waals surface area contributed by atoms with Crippen LogP contribution < -0.4 is 4.90 Å². The van der Waals surface area contributed by atoms with Crippen LogP contribution in [0.25, 0.3) is 11.1 Å². The second-order valence-corrected chi connectivity index (χ2v) is 8.10. The van der Waals surface area contributed by atoms with E-state index in [-0.39, 0.29) is 6.03 Å². The van der Waals surface area contributed by atoms with E-state index in [0.717, 1.165) is 52.1 Å². The molecule has 4 nitrogen and oxygen atoms in total. The molecule has 4 rings (SSSR count). The number of aryl methyl sites for hydroxylation is 1. The molecule has 2 aliphatic rings. The molecule has 0 N–H and O–H groups in total. The highest BCUT2D eigenvalue weighted by molar-refractivity contribution is 5.75. The second kappa shape index (κ2) is 8.26. The molecule has 28 heavy (non-hydrogen) atoms. The van der Waals surface area contributed by atoms with Crippen LogP contribution in [-0.2, 0) is 0 Å². The number of hydrogen-bond acceptors (Lipinski definition) is 2.